The number of carbonyl (C=O) groups is 1. The van der Waals surface area contributed by atoms with Crippen LogP contribution in [0.1, 0.15) is 45.4 Å². The summed E-state index contributed by atoms with van der Waals surface area (Å²) >= 11 is 0. The van der Waals surface area contributed by atoms with Crippen molar-refractivity contribution >= 4 is 5.91 Å². The normalized spacial score (nSPS) is 10.7. The van der Waals surface area contributed by atoms with Gasteiger partial charge < -0.3 is 10.1 Å². The zero-order valence-corrected chi connectivity index (χ0v) is 17.0. The quantitative estimate of drug-likeness (QED) is 0.674. The van der Waals surface area contributed by atoms with Crippen molar-refractivity contribution in [2.75, 3.05) is 0 Å². The second-order valence-corrected chi connectivity index (χ2v) is 6.94. The smallest absolute Gasteiger partial charge is 0.251 e. The predicted octanol–water partition coefficient (Wildman–Crippen LogP) is 4.11. The number of aryl methyl sites for hydroxylation is 3. The van der Waals surface area contributed by atoms with E-state index in [1.807, 2.05) is 62.0 Å². The maximum atomic E-state index is 12.6. The van der Waals surface area contributed by atoms with Crippen molar-refractivity contribution in [3.8, 4) is 5.75 Å². The Kier molecular flexibility index (Phi) is 6.14. The van der Waals surface area contributed by atoms with Gasteiger partial charge in [0.2, 0.25) is 0 Å². The fourth-order valence-corrected chi connectivity index (χ4v) is 3.13. The maximum Gasteiger partial charge on any atom is 0.251 e. The van der Waals surface area contributed by atoms with E-state index in [2.05, 4.69) is 29.5 Å². The highest BCUT2D eigenvalue weighted by Crippen LogP contribution is 2.16. The minimum atomic E-state index is -0.100. The summed E-state index contributed by atoms with van der Waals surface area (Å²) in [6.07, 6.45) is 1.01. The number of hydrogen-bond donors (Lipinski definition) is 1. The first-order valence-electron chi connectivity index (χ1n) is 9.56. The van der Waals surface area contributed by atoms with Gasteiger partial charge in [-0.05, 0) is 55.7 Å². The molecule has 0 saturated heterocycles. The molecule has 1 aromatic heterocycles. The van der Waals surface area contributed by atoms with Gasteiger partial charge in [-0.3, -0.25) is 9.48 Å². The van der Waals surface area contributed by atoms with Gasteiger partial charge in [-0.25, -0.2) is 0 Å². The maximum absolute atomic E-state index is 12.6. The Bertz CT molecular complexity index is 958. The lowest BCUT2D eigenvalue weighted by atomic mass is 10.1. The van der Waals surface area contributed by atoms with Crippen molar-refractivity contribution in [2.45, 2.75) is 40.3 Å². The predicted molar refractivity (Wildman–Crippen MR) is 110 cm³/mol. The molecule has 0 saturated carbocycles. The molecule has 0 radical (unpaired) electrons. The third-order valence-corrected chi connectivity index (χ3v) is 5.01. The standard InChI is InChI=1S/C23H27N3O2/c1-5-18-9-11-21(12-10-18)28-15-19-7-6-8-20(13-19)23(27)24-14-22-16(2)25-26(4)17(22)3/h6-13H,5,14-15H2,1-4H3,(H,24,27). The molecule has 146 valence electrons. The zero-order valence-electron chi connectivity index (χ0n) is 17.0. The van der Waals surface area contributed by atoms with Crippen LogP contribution in [0.5, 0.6) is 5.75 Å². The number of benzene rings is 2. The first-order chi connectivity index (χ1) is 13.5. The molecule has 0 fully saturated rings. The summed E-state index contributed by atoms with van der Waals surface area (Å²) in [7, 11) is 1.91. The molecule has 28 heavy (non-hydrogen) atoms. The van der Waals surface area contributed by atoms with Crippen LogP contribution in [0.15, 0.2) is 48.5 Å². The van der Waals surface area contributed by atoms with E-state index in [1.54, 1.807) is 0 Å². The van der Waals surface area contributed by atoms with Crippen LogP contribution in [0, 0.1) is 13.8 Å². The van der Waals surface area contributed by atoms with Gasteiger partial charge in [0.25, 0.3) is 5.91 Å². The van der Waals surface area contributed by atoms with Crippen LogP contribution in [0.2, 0.25) is 0 Å². The summed E-state index contributed by atoms with van der Waals surface area (Å²) in [6.45, 7) is 6.98. The lowest BCUT2D eigenvalue weighted by molar-refractivity contribution is 0.0950. The Hall–Kier alpha value is -3.08. The lowest BCUT2D eigenvalue weighted by Gasteiger charge is -2.09. The van der Waals surface area contributed by atoms with Crippen molar-refractivity contribution in [3.63, 3.8) is 0 Å². The minimum Gasteiger partial charge on any atom is -0.489 e. The molecule has 0 spiro atoms. The molecular weight excluding hydrogens is 350 g/mol. The molecular formula is C23H27N3O2. The van der Waals surface area contributed by atoms with E-state index in [0.717, 1.165) is 34.7 Å². The Morgan fingerprint density at radius 3 is 2.50 bits per heavy atom. The monoisotopic (exact) mass is 377 g/mol. The minimum absolute atomic E-state index is 0.100. The summed E-state index contributed by atoms with van der Waals surface area (Å²) in [4.78, 5) is 12.6. The molecule has 0 unspecified atom stereocenters. The summed E-state index contributed by atoms with van der Waals surface area (Å²) < 4.78 is 7.68. The van der Waals surface area contributed by atoms with E-state index in [1.165, 1.54) is 5.56 Å². The van der Waals surface area contributed by atoms with Gasteiger partial charge in [-0.15, -0.1) is 0 Å². The largest absolute Gasteiger partial charge is 0.489 e. The molecule has 1 N–H and O–H groups in total. The van der Waals surface area contributed by atoms with Gasteiger partial charge in [0.15, 0.2) is 0 Å². The van der Waals surface area contributed by atoms with Crippen LogP contribution in [-0.4, -0.2) is 15.7 Å². The molecule has 5 nitrogen and oxygen atoms in total. The lowest BCUT2D eigenvalue weighted by Crippen LogP contribution is -2.23. The molecule has 3 aromatic rings. The van der Waals surface area contributed by atoms with Gasteiger partial charge in [-0.1, -0.05) is 31.2 Å². The molecule has 1 heterocycles. The summed E-state index contributed by atoms with van der Waals surface area (Å²) in [5.74, 6) is 0.728. The number of nitrogens with zero attached hydrogens (tertiary/aromatic N) is 2. The van der Waals surface area contributed by atoms with E-state index < -0.39 is 0 Å². The molecule has 0 aliphatic heterocycles. The second-order valence-electron chi connectivity index (χ2n) is 6.94. The van der Waals surface area contributed by atoms with E-state index >= 15 is 0 Å². The summed E-state index contributed by atoms with van der Waals surface area (Å²) in [6, 6.07) is 15.6. The molecule has 3 rings (SSSR count). The number of hydrogen-bond acceptors (Lipinski definition) is 3. The zero-order chi connectivity index (χ0) is 20.1. The van der Waals surface area contributed by atoms with Gasteiger partial charge in [0.05, 0.1) is 5.69 Å². The Balaban J connectivity index is 1.60. The fraction of sp³-hybridized carbons (Fsp3) is 0.304. The average molecular weight is 377 g/mol. The Morgan fingerprint density at radius 1 is 1.11 bits per heavy atom. The number of carbonyl (C=O) groups excluding carboxylic acids is 1. The SMILES string of the molecule is CCc1ccc(OCc2cccc(C(=O)NCc3c(C)nn(C)c3C)c2)cc1. The van der Waals surface area contributed by atoms with E-state index in [0.29, 0.717) is 18.7 Å². The van der Waals surface area contributed by atoms with Crippen molar-refractivity contribution in [3.05, 3.63) is 82.2 Å². The number of ether oxygens (including phenoxy) is 1. The van der Waals surface area contributed by atoms with Crippen LogP contribution in [0.4, 0.5) is 0 Å². The van der Waals surface area contributed by atoms with Crippen molar-refractivity contribution in [1.29, 1.82) is 0 Å². The van der Waals surface area contributed by atoms with Crippen molar-refractivity contribution < 1.29 is 9.53 Å². The number of nitrogens with one attached hydrogen (secondary N) is 1. The molecule has 0 aliphatic carbocycles. The fourth-order valence-electron chi connectivity index (χ4n) is 3.13. The molecule has 0 bridgehead atoms. The molecule has 2 aromatic carbocycles. The van der Waals surface area contributed by atoms with Crippen LogP contribution in [0.25, 0.3) is 0 Å². The third kappa shape index (κ3) is 4.60. The highest BCUT2D eigenvalue weighted by Gasteiger charge is 2.12. The topological polar surface area (TPSA) is 56.1 Å². The average Bonchev–Trinajstić information content (AvgIpc) is 2.96. The second kappa shape index (κ2) is 8.74. The van der Waals surface area contributed by atoms with Gasteiger partial charge in [0, 0.05) is 30.4 Å². The molecule has 0 atom stereocenters. The summed E-state index contributed by atoms with van der Waals surface area (Å²) in [5, 5.41) is 7.38. The van der Waals surface area contributed by atoms with E-state index in [-0.39, 0.29) is 5.91 Å². The molecule has 5 heteroatoms. The van der Waals surface area contributed by atoms with Crippen LogP contribution < -0.4 is 10.1 Å². The first-order valence-corrected chi connectivity index (χ1v) is 9.56. The van der Waals surface area contributed by atoms with Gasteiger partial charge in [-0.2, -0.15) is 5.10 Å². The number of amides is 1. The van der Waals surface area contributed by atoms with Crippen molar-refractivity contribution in [2.24, 2.45) is 7.05 Å². The summed E-state index contributed by atoms with van der Waals surface area (Å²) in [5.41, 5.74) is 5.93. The Labute approximate surface area is 166 Å². The van der Waals surface area contributed by atoms with E-state index in [9.17, 15) is 4.79 Å². The molecule has 0 aliphatic rings. The highest BCUT2D eigenvalue weighted by atomic mass is 16.5. The van der Waals surface area contributed by atoms with Crippen LogP contribution in [-0.2, 0) is 26.6 Å². The van der Waals surface area contributed by atoms with Crippen LogP contribution in [0.3, 0.4) is 0 Å². The van der Waals surface area contributed by atoms with Crippen LogP contribution >= 0.6 is 0 Å². The van der Waals surface area contributed by atoms with Crippen molar-refractivity contribution in [1.82, 2.24) is 15.1 Å². The van der Waals surface area contributed by atoms with Gasteiger partial charge >= 0.3 is 0 Å². The number of aromatic nitrogens is 2. The third-order valence-electron chi connectivity index (χ3n) is 5.01. The molecule has 1 amide bonds. The van der Waals surface area contributed by atoms with E-state index in [4.69, 9.17) is 4.74 Å². The number of rotatable bonds is 7. The highest BCUT2D eigenvalue weighted by molar-refractivity contribution is 5.94. The first kappa shape index (κ1) is 19.7. The Morgan fingerprint density at radius 2 is 1.86 bits per heavy atom. The van der Waals surface area contributed by atoms with Gasteiger partial charge in [0.1, 0.15) is 12.4 Å².